The van der Waals surface area contributed by atoms with E-state index in [-0.39, 0.29) is 0 Å². The molecule has 0 amide bonds. The van der Waals surface area contributed by atoms with Crippen LogP contribution in [0.25, 0.3) is 0 Å². The van der Waals surface area contributed by atoms with Gasteiger partial charge in [0.05, 0.1) is 13.6 Å². The maximum Gasteiger partial charge on any atom is 0.188 e. The van der Waals surface area contributed by atoms with Crippen LogP contribution < -0.4 is 5.32 Å². The lowest BCUT2D eigenvalue weighted by Gasteiger charge is -2.27. The lowest BCUT2D eigenvalue weighted by molar-refractivity contribution is 0.262. The van der Waals surface area contributed by atoms with E-state index in [9.17, 15) is 0 Å². The molecule has 1 aliphatic rings. The van der Waals surface area contributed by atoms with Crippen LogP contribution in [0.5, 0.6) is 0 Å². The van der Waals surface area contributed by atoms with E-state index in [1.165, 1.54) is 36.9 Å². The number of nitrogens with zero attached hydrogens (tertiary/aromatic N) is 4. The molecule has 96 valence electrons. The Balaban J connectivity index is 1.63. The fourth-order valence-corrected chi connectivity index (χ4v) is 2.63. The van der Waals surface area contributed by atoms with Crippen LogP contribution in [0.2, 0.25) is 0 Å². The summed E-state index contributed by atoms with van der Waals surface area (Å²) in [6, 6.07) is 0. The number of tetrazole rings is 1. The minimum atomic E-state index is 0.738. The lowest BCUT2D eigenvalue weighted by atomic mass is 9.81. The predicted molar refractivity (Wildman–Crippen MR) is 66.2 cm³/mol. The van der Waals surface area contributed by atoms with E-state index >= 15 is 0 Å². The monoisotopic (exact) mass is 237 g/mol. The normalized spacial score (nSPS) is 25.1. The summed E-state index contributed by atoms with van der Waals surface area (Å²) in [6.45, 7) is 4.14. The topological polar surface area (TPSA) is 55.6 Å². The minimum Gasteiger partial charge on any atom is -0.309 e. The van der Waals surface area contributed by atoms with Gasteiger partial charge in [-0.2, -0.15) is 4.80 Å². The van der Waals surface area contributed by atoms with Crippen LogP contribution in [0, 0.1) is 11.8 Å². The minimum absolute atomic E-state index is 0.738. The Morgan fingerprint density at radius 3 is 2.53 bits per heavy atom. The molecule has 1 saturated carbocycles. The molecule has 2 rings (SSSR count). The van der Waals surface area contributed by atoms with Gasteiger partial charge in [0.2, 0.25) is 0 Å². The molecule has 5 nitrogen and oxygen atoms in total. The van der Waals surface area contributed by atoms with Gasteiger partial charge in [-0.15, -0.1) is 10.2 Å². The molecule has 1 aromatic rings. The molecular weight excluding hydrogens is 214 g/mol. The molecule has 1 fully saturated rings. The average Bonchev–Trinajstić information content (AvgIpc) is 2.76. The Kier molecular flexibility index (Phi) is 4.48. The first-order valence-electron chi connectivity index (χ1n) is 6.71. The molecule has 0 bridgehead atoms. The molecule has 0 saturated heterocycles. The number of hydrogen-bond acceptors (Lipinski definition) is 4. The Morgan fingerprint density at radius 2 is 1.94 bits per heavy atom. The molecule has 0 aromatic carbocycles. The molecule has 0 radical (unpaired) electrons. The third-order valence-electron chi connectivity index (χ3n) is 3.81. The molecule has 0 spiro atoms. The zero-order valence-corrected chi connectivity index (χ0v) is 10.9. The summed E-state index contributed by atoms with van der Waals surface area (Å²) in [5, 5.41) is 15.4. The van der Waals surface area contributed by atoms with E-state index in [2.05, 4.69) is 27.7 Å². The Labute approximate surface area is 103 Å². The number of aryl methyl sites for hydroxylation is 1. The highest BCUT2D eigenvalue weighted by Crippen LogP contribution is 2.29. The second-order valence-electron chi connectivity index (χ2n) is 5.12. The van der Waals surface area contributed by atoms with E-state index < -0.39 is 0 Å². The molecule has 5 heteroatoms. The van der Waals surface area contributed by atoms with Gasteiger partial charge in [0.15, 0.2) is 5.82 Å². The van der Waals surface area contributed by atoms with Gasteiger partial charge in [0.25, 0.3) is 0 Å². The second kappa shape index (κ2) is 6.10. The third-order valence-corrected chi connectivity index (χ3v) is 3.81. The highest BCUT2D eigenvalue weighted by atomic mass is 15.6. The van der Waals surface area contributed by atoms with Crippen LogP contribution in [0.15, 0.2) is 0 Å². The zero-order chi connectivity index (χ0) is 12.1. The summed E-state index contributed by atoms with van der Waals surface area (Å²) in [5.41, 5.74) is 0. The summed E-state index contributed by atoms with van der Waals surface area (Å²) >= 11 is 0. The standard InChI is InChI=1S/C12H23N5/c1-3-10-4-6-11(7-5-10)8-13-9-12-14-16-17(2)15-12/h10-11,13H,3-9H2,1-2H3. The zero-order valence-electron chi connectivity index (χ0n) is 10.9. The van der Waals surface area contributed by atoms with Crippen molar-refractivity contribution in [2.24, 2.45) is 18.9 Å². The molecule has 17 heavy (non-hydrogen) atoms. The Bertz CT molecular complexity index is 327. The van der Waals surface area contributed by atoms with Gasteiger partial charge in [-0.1, -0.05) is 26.2 Å². The SMILES string of the molecule is CCC1CCC(CNCc2nnn(C)n2)CC1. The molecule has 1 aromatic heterocycles. The first-order valence-corrected chi connectivity index (χ1v) is 6.71. The van der Waals surface area contributed by atoms with E-state index in [0.29, 0.717) is 0 Å². The number of aromatic nitrogens is 4. The van der Waals surface area contributed by atoms with Crippen LogP contribution in [0.4, 0.5) is 0 Å². The fourth-order valence-electron chi connectivity index (χ4n) is 2.63. The summed E-state index contributed by atoms with van der Waals surface area (Å²) in [6.07, 6.45) is 6.92. The quantitative estimate of drug-likeness (QED) is 0.843. The van der Waals surface area contributed by atoms with Gasteiger partial charge in [-0.05, 0) is 36.4 Å². The van der Waals surface area contributed by atoms with Crippen LogP contribution in [0.3, 0.4) is 0 Å². The van der Waals surface area contributed by atoms with Crippen molar-refractivity contribution in [2.45, 2.75) is 45.6 Å². The first kappa shape index (κ1) is 12.5. The van der Waals surface area contributed by atoms with Gasteiger partial charge in [0.1, 0.15) is 0 Å². The smallest absolute Gasteiger partial charge is 0.188 e. The van der Waals surface area contributed by atoms with Gasteiger partial charge in [-0.3, -0.25) is 0 Å². The van der Waals surface area contributed by atoms with E-state index in [4.69, 9.17) is 0 Å². The van der Waals surface area contributed by atoms with Crippen LogP contribution in [-0.2, 0) is 13.6 Å². The number of nitrogens with one attached hydrogen (secondary N) is 1. The Hall–Kier alpha value is -0.970. The maximum absolute atomic E-state index is 4.15. The van der Waals surface area contributed by atoms with Crippen molar-refractivity contribution in [1.82, 2.24) is 25.5 Å². The highest BCUT2D eigenvalue weighted by Gasteiger charge is 2.19. The van der Waals surface area contributed by atoms with Crippen LogP contribution in [-0.4, -0.2) is 26.8 Å². The number of hydrogen-bond donors (Lipinski definition) is 1. The van der Waals surface area contributed by atoms with Crippen molar-refractivity contribution in [1.29, 1.82) is 0 Å². The predicted octanol–water partition coefficient (Wildman–Crippen LogP) is 1.52. The molecule has 0 aliphatic heterocycles. The summed E-state index contributed by atoms with van der Waals surface area (Å²) < 4.78 is 0. The largest absolute Gasteiger partial charge is 0.309 e. The molecule has 1 N–H and O–H groups in total. The van der Waals surface area contributed by atoms with Crippen LogP contribution >= 0.6 is 0 Å². The average molecular weight is 237 g/mol. The lowest BCUT2D eigenvalue weighted by Crippen LogP contribution is -2.26. The van der Waals surface area contributed by atoms with Gasteiger partial charge >= 0.3 is 0 Å². The third kappa shape index (κ3) is 3.77. The first-order chi connectivity index (χ1) is 8.28. The Morgan fingerprint density at radius 1 is 1.24 bits per heavy atom. The van der Waals surface area contributed by atoms with Crippen molar-refractivity contribution >= 4 is 0 Å². The summed E-state index contributed by atoms with van der Waals surface area (Å²) in [7, 11) is 1.79. The van der Waals surface area contributed by atoms with Gasteiger partial charge in [0, 0.05) is 0 Å². The van der Waals surface area contributed by atoms with Crippen molar-refractivity contribution in [3.05, 3.63) is 5.82 Å². The van der Waals surface area contributed by atoms with E-state index in [1.54, 1.807) is 7.05 Å². The van der Waals surface area contributed by atoms with Crippen molar-refractivity contribution < 1.29 is 0 Å². The number of rotatable bonds is 5. The summed E-state index contributed by atoms with van der Waals surface area (Å²) in [5.74, 6) is 2.61. The molecule has 1 aliphatic carbocycles. The van der Waals surface area contributed by atoms with Crippen molar-refractivity contribution in [3.63, 3.8) is 0 Å². The fraction of sp³-hybridized carbons (Fsp3) is 0.917. The maximum atomic E-state index is 4.15. The van der Waals surface area contributed by atoms with Crippen molar-refractivity contribution in [2.75, 3.05) is 6.54 Å². The van der Waals surface area contributed by atoms with Crippen LogP contribution in [0.1, 0.15) is 44.9 Å². The molecule has 0 atom stereocenters. The van der Waals surface area contributed by atoms with Crippen molar-refractivity contribution in [3.8, 4) is 0 Å². The van der Waals surface area contributed by atoms with Gasteiger partial charge < -0.3 is 5.32 Å². The van der Waals surface area contributed by atoms with E-state index in [0.717, 1.165) is 30.7 Å². The molecule has 1 heterocycles. The molecular formula is C12H23N5. The van der Waals surface area contributed by atoms with E-state index in [1.807, 2.05) is 0 Å². The second-order valence-corrected chi connectivity index (χ2v) is 5.12. The molecule has 0 unspecified atom stereocenters. The van der Waals surface area contributed by atoms with Gasteiger partial charge in [-0.25, -0.2) is 0 Å². The highest BCUT2D eigenvalue weighted by molar-refractivity contribution is 4.77. The summed E-state index contributed by atoms with van der Waals surface area (Å²) in [4.78, 5) is 1.50.